The van der Waals surface area contributed by atoms with Crippen molar-refractivity contribution < 1.29 is 9.53 Å². The van der Waals surface area contributed by atoms with Crippen LogP contribution in [0.5, 0.6) is 0 Å². The number of aryl methyl sites for hydroxylation is 1. The molecule has 0 spiro atoms. The summed E-state index contributed by atoms with van der Waals surface area (Å²) in [6.45, 7) is 8.42. The van der Waals surface area contributed by atoms with Gasteiger partial charge in [0.1, 0.15) is 5.54 Å². The van der Waals surface area contributed by atoms with Gasteiger partial charge in [-0.15, -0.1) is 0 Å². The van der Waals surface area contributed by atoms with Crippen molar-refractivity contribution >= 4 is 11.7 Å². The number of ether oxygens (including phenoxy) is 1. The number of hydrogen-bond acceptors (Lipinski definition) is 3. The molecule has 1 aliphatic carbocycles. The highest BCUT2D eigenvalue weighted by molar-refractivity contribution is 5.86. The highest BCUT2D eigenvalue weighted by atomic mass is 16.5. The Morgan fingerprint density at radius 1 is 1.42 bits per heavy atom. The lowest BCUT2D eigenvalue weighted by atomic mass is 9.83. The number of esters is 1. The molecule has 3 nitrogen and oxygen atoms in total. The van der Waals surface area contributed by atoms with E-state index in [0.29, 0.717) is 6.61 Å². The molecular formula is C16H23NO2. The monoisotopic (exact) mass is 261 g/mol. The molecule has 0 aliphatic heterocycles. The molecule has 1 aromatic rings. The summed E-state index contributed by atoms with van der Waals surface area (Å²) in [5.74, 6) is -0.154. The average molecular weight is 261 g/mol. The van der Waals surface area contributed by atoms with E-state index in [4.69, 9.17) is 4.74 Å². The smallest absolute Gasteiger partial charge is 0.332 e. The molecule has 0 aromatic heterocycles. The molecule has 19 heavy (non-hydrogen) atoms. The number of carbonyl (C=O) groups is 1. The van der Waals surface area contributed by atoms with Crippen molar-refractivity contribution in [1.82, 2.24) is 0 Å². The van der Waals surface area contributed by atoms with Gasteiger partial charge in [0.25, 0.3) is 0 Å². The average Bonchev–Trinajstić information content (AvgIpc) is 3.12. The largest absolute Gasteiger partial charge is 0.464 e. The highest BCUT2D eigenvalue weighted by Crippen LogP contribution is 2.55. The van der Waals surface area contributed by atoms with E-state index in [1.54, 1.807) is 0 Å². The van der Waals surface area contributed by atoms with Crippen LogP contribution in [0.2, 0.25) is 0 Å². The Bertz CT molecular complexity index is 479. The van der Waals surface area contributed by atoms with Gasteiger partial charge in [0.15, 0.2) is 0 Å². The van der Waals surface area contributed by atoms with Gasteiger partial charge >= 0.3 is 5.97 Å². The van der Waals surface area contributed by atoms with Crippen molar-refractivity contribution in [2.24, 2.45) is 5.41 Å². The first-order valence-electron chi connectivity index (χ1n) is 6.94. The molecule has 1 saturated carbocycles. The first-order valence-corrected chi connectivity index (χ1v) is 6.94. The lowest BCUT2D eigenvalue weighted by molar-refractivity contribution is -0.150. The fourth-order valence-corrected chi connectivity index (χ4v) is 2.39. The summed E-state index contributed by atoms with van der Waals surface area (Å²) in [6.07, 6.45) is 2.11. The minimum atomic E-state index is -0.658. The zero-order chi connectivity index (χ0) is 14.1. The fourth-order valence-electron chi connectivity index (χ4n) is 2.39. The number of anilines is 1. The van der Waals surface area contributed by atoms with Gasteiger partial charge in [-0.3, -0.25) is 0 Å². The number of carbonyl (C=O) groups excluding carboxylic acids is 1. The van der Waals surface area contributed by atoms with Crippen LogP contribution in [-0.2, 0) is 9.53 Å². The van der Waals surface area contributed by atoms with E-state index >= 15 is 0 Å². The normalized spacial score (nSPS) is 19.4. The van der Waals surface area contributed by atoms with E-state index in [0.717, 1.165) is 24.1 Å². The van der Waals surface area contributed by atoms with Crippen LogP contribution in [0.15, 0.2) is 24.3 Å². The highest BCUT2D eigenvalue weighted by Gasteiger charge is 2.58. The quantitative estimate of drug-likeness (QED) is 0.824. The summed E-state index contributed by atoms with van der Waals surface area (Å²) < 4.78 is 5.28. The third-order valence-electron chi connectivity index (χ3n) is 4.42. The molecule has 3 heteroatoms. The molecule has 1 unspecified atom stereocenters. The van der Waals surface area contributed by atoms with Crippen LogP contribution in [0.4, 0.5) is 5.69 Å². The van der Waals surface area contributed by atoms with Crippen LogP contribution in [0.1, 0.15) is 39.2 Å². The Balaban J connectivity index is 2.29. The van der Waals surface area contributed by atoms with E-state index < -0.39 is 5.54 Å². The molecule has 1 N–H and O–H groups in total. The Morgan fingerprint density at radius 2 is 2.05 bits per heavy atom. The zero-order valence-electron chi connectivity index (χ0n) is 12.2. The van der Waals surface area contributed by atoms with Crippen LogP contribution in [0, 0.1) is 12.3 Å². The van der Waals surface area contributed by atoms with Gasteiger partial charge in [0.2, 0.25) is 0 Å². The summed E-state index contributed by atoms with van der Waals surface area (Å²) in [6, 6.07) is 8.04. The van der Waals surface area contributed by atoms with Gasteiger partial charge in [-0.2, -0.15) is 0 Å². The summed E-state index contributed by atoms with van der Waals surface area (Å²) in [4.78, 5) is 12.4. The fraction of sp³-hybridized carbons (Fsp3) is 0.562. The molecule has 1 fully saturated rings. The lowest BCUT2D eigenvalue weighted by Gasteiger charge is -2.36. The molecule has 2 rings (SSSR count). The van der Waals surface area contributed by atoms with E-state index in [1.165, 1.54) is 0 Å². The maximum Gasteiger partial charge on any atom is 0.332 e. The third kappa shape index (κ3) is 2.46. The molecule has 1 atom stereocenters. The maximum absolute atomic E-state index is 12.4. The Labute approximate surface area is 115 Å². The molecular weight excluding hydrogens is 238 g/mol. The predicted molar refractivity (Wildman–Crippen MR) is 77.2 cm³/mol. The van der Waals surface area contributed by atoms with Gasteiger partial charge in [-0.25, -0.2) is 4.79 Å². The Morgan fingerprint density at radius 3 is 2.58 bits per heavy atom. The second kappa shape index (κ2) is 4.87. The molecule has 0 bridgehead atoms. The first kappa shape index (κ1) is 13.9. The SMILES string of the molecule is CCOC(=O)C(C)(Nc1ccccc1C)C1(C)CC1. The number of benzene rings is 1. The number of hydrogen-bond donors (Lipinski definition) is 1. The topological polar surface area (TPSA) is 38.3 Å². The standard InChI is InChI=1S/C16H23NO2/c1-5-19-14(18)16(4,15(3)10-11-15)17-13-9-7-6-8-12(13)2/h6-9,17H,5,10-11H2,1-4H3. The van der Waals surface area contributed by atoms with Crippen molar-refractivity contribution in [3.8, 4) is 0 Å². The summed E-state index contributed by atoms with van der Waals surface area (Å²) >= 11 is 0. The van der Waals surface area contributed by atoms with Crippen LogP contribution in [0.25, 0.3) is 0 Å². The predicted octanol–water partition coefficient (Wildman–Crippen LogP) is 3.53. The van der Waals surface area contributed by atoms with Crippen molar-refractivity contribution in [2.45, 2.75) is 46.1 Å². The molecule has 0 amide bonds. The Kier molecular flexibility index (Phi) is 3.57. The van der Waals surface area contributed by atoms with Gasteiger partial charge in [0.05, 0.1) is 6.61 Å². The maximum atomic E-state index is 12.4. The van der Waals surface area contributed by atoms with Crippen molar-refractivity contribution in [2.75, 3.05) is 11.9 Å². The van der Waals surface area contributed by atoms with E-state index in [9.17, 15) is 4.79 Å². The molecule has 0 heterocycles. The number of para-hydroxylation sites is 1. The van der Waals surface area contributed by atoms with Crippen molar-refractivity contribution in [1.29, 1.82) is 0 Å². The summed E-state index contributed by atoms with van der Waals surface area (Å²) in [5.41, 5.74) is 1.48. The van der Waals surface area contributed by atoms with Gasteiger partial charge in [0, 0.05) is 11.1 Å². The minimum Gasteiger partial charge on any atom is -0.464 e. The van der Waals surface area contributed by atoms with E-state index in [2.05, 4.69) is 12.2 Å². The van der Waals surface area contributed by atoms with Crippen LogP contribution in [-0.4, -0.2) is 18.1 Å². The number of nitrogens with one attached hydrogen (secondary N) is 1. The Hall–Kier alpha value is -1.51. The minimum absolute atomic E-state index is 0.0124. The second-order valence-electron chi connectivity index (χ2n) is 5.85. The van der Waals surface area contributed by atoms with Crippen LogP contribution >= 0.6 is 0 Å². The third-order valence-corrected chi connectivity index (χ3v) is 4.42. The molecule has 1 aromatic carbocycles. The summed E-state index contributed by atoms with van der Waals surface area (Å²) in [5, 5.41) is 3.44. The van der Waals surface area contributed by atoms with Gasteiger partial charge < -0.3 is 10.1 Å². The van der Waals surface area contributed by atoms with Gasteiger partial charge in [-0.05, 0) is 45.2 Å². The molecule has 0 radical (unpaired) electrons. The second-order valence-corrected chi connectivity index (χ2v) is 5.85. The van der Waals surface area contributed by atoms with Gasteiger partial charge in [-0.1, -0.05) is 25.1 Å². The zero-order valence-corrected chi connectivity index (χ0v) is 12.2. The number of rotatable bonds is 5. The van der Waals surface area contributed by atoms with Crippen LogP contribution in [0.3, 0.4) is 0 Å². The van der Waals surface area contributed by atoms with Crippen LogP contribution < -0.4 is 5.32 Å². The molecule has 104 valence electrons. The van der Waals surface area contributed by atoms with E-state index in [-0.39, 0.29) is 11.4 Å². The molecule has 0 saturated heterocycles. The first-order chi connectivity index (χ1) is 8.93. The van der Waals surface area contributed by atoms with Crippen molar-refractivity contribution in [3.63, 3.8) is 0 Å². The summed E-state index contributed by atoms with van der Waals surface area (Å²) in [7, 11) is 0. The lowest BCUT2D eigenvalue weighted by Crippen LogP contribution is -2.51. The molecule has 1 aliphatic rings. The van der Waals surface area contributed by atoms with Crippen molar-refractivity contribution in [3.05, 3.63) is 29.8 Å². The van der Waals surface area contributed by atoms with E-state index in [1.807, 2.05) is 45.0 Å².